The minimum Gasteiger partial charge on any atom is -0.363 e. The van der Waals surface area contributed by atoms with Crippen LogP contribution >= 0.6 is 0 Å². The lowest BCUT2D eigenvalue weighted by atomic mass is 10.1. The first-order valence-electron chi connectivity index (χ1n) is 9.55. The fourth-order valence-electron chi connectivity index (χ4n) is 3.11. The number of carbonyl (C=O) groups is 1. The summed E-state index contributed by atoms with van der Waals surface area (Å²) in [4.78, 5) is 18.9. The predicted molar refractivity (Wildman–Crippen MR) is 120 cm³/mol. The van der Waals surface area contributed by atoms with Crippen molar-refractivity contribution in [2.24, 2.45) is 4.40 Å². The average Bonchev–Trinajstić information content (AvgIpc) is 3.03. The largest absolute Gasteiger partial charge is 0.363 e. The van der Waals surface area contributed by atoms with Crippen molar-refractivity contribution in [2.45, 2.75) is 11.4 Å². The zero-order chi connectivity index (χ0) is 22.0. The Morgan fingerprint density at radius 3 is 2.42 bits per heavy atom. The Kier molecular flexibility index (Phi) is 5.43. The molecule has 0 fully saturated rings. The van der Waals surface area contributed by atoms with Crippen molar-refractivity contribution < 1.29 is 13.2 Å². The van der Waals surface area contributed by atoms with E-state index in [1.165, 1.54) is 6.07 Å². The maximum atomic E-state index is 12.4. The number of carbonyl (C=O) groups excluding carboxylic acids is 1. The number of aromatic nitrogens is 1. The van der Waals surface area contributed by atoms with Gasteiger partial charge in [0.25, 0.3) is 15.9 Å². The molecular formula is C22H21N5O3S. The van der Waals surface area contributed by atoms with Gasteiger partial charge in [0.05, 0.1) is 0 Å². The molecule has 158 valence electrons. The smallest absolute Gasteiger partial charge is 0.285 e. The summed E-state index contributed by atoms with van der Waals surface area (Å²) in [6, 6.07) is 17.2. The molecule has 3 aromatic rings. The van der Waals surface area contributed by atoms with Crippen LogP contribution in [0, 0.1) is 0 Å². The highest BCUT2D eigenvalue weighted by atomic mass is 32.2. The van der Waals surface area contributed by atoms with E-state index in [0.717, 1.165) is 11.4 Å². The summed E-state index contributed by atoms with van der Waals surface area (Å²) in [6.07, 6.45) is 1.73. The SMILES string of the molecule is CN(C)c1ccc(CNC(=O)c2ccc(NC3=NS(=O)(=O)c4ccccc43)cc2)cn1. The van der Waals surface area contributed by atoms with Crippen molar-refractivity contribution in [2.75, 3.05) is 24.3 Å². The van der Waals surface area contributed by atoms with E-state index in [1.54, 1.807) is 48.7 Å². The molecule has 0 spiro atoms. The summed E-state index contributed by atoms with van der Waals surface area (Å²) < 4.78 is 28.1. The van der Waals surface area contributed by atoms with Crippen LogP contribution in [0.25, 0.3) is 0 Å². The maximum absolute atomic E-state index is 12.4. The second kappa shape index (κ2) is 8.19. The van der Waals surface area contributed by atoms with Crippen molar-refractivity contribution in [3.8, 4) is 0 Å². The van der Waals surface area contributed by atoms with Crippen LogP contribution in [0.4, 0.5) is 11.5 Å². The molecule has 8 nitrogen and oxygen atoms in total. The highest BCUT2D eigenvalue weighted by Gasteiger charge is 2.28. The lowest BCUT2D eigenvalue weighted by Crippen LogP contribution is -2.23. The molecule has 0 bridgehead atoms. The molecule has 1 aliphatic rings. The van der Waals surface area contributed by atoms with Crippen LogP contribution < -0.4 is 15.5 Å². The fraction of sp³-hybridized carbons (Fsp3) is 0.136. The van der Waals surface area contributed by atoms with Crippen LogP contribution in [0.15, 0.2) is 76.2 Å². The van der Waals surface area contributed by atoms with Gasteiger partial charge in [0.15, 0.2) is 5.84 Å². The summed E-state index contributed by atoms with van der Waals surface area (Å²) >= 11 is 0. The first-order valence-corrected chi connectivity index (χ1v) is 11.0. The summed E-state index contributed by atoms with van der Waals surface area (Å²) in [6.45, 7) is 0.366. The fourth-order valence-corrected chi connectivity index (χ4v) is 4.28. The number of hydrogen-bond acceptors (Lipinski definition) is 6. The Labute approximate surface area is 180 Å². The zero-order valence-corrected chi connectivity index (χ0v) is 17.8. The predicted octanol–water partition coefficient (Wildman–Crippen LogP) is 2.64. The second-order valence-electron chi connectivity index (χ2n) is 7.22. The number of fused-ring (bicyclic) bond motifs is 1. The minimum absolute atomic E-state index is 0.182. The third kappa shape index (κ3) is 4.41. The highest BCUT2D eigenvalue weighted by molar-refractivity contribution is 7.90. The third-order valence-corrected chi connectivity index (χ3v) is 6.10. The summed E-state index contributed by atoms with van der Waals surface area (Å²) in [5.41, 5.74) is 2.55. The topological polar surface area (TPSA) is 104 Å². The molecule has 0 unspecified atom stereocenters. The van der Waals surface area contributed by atoms with Crippen LogP contribution in [0.2, 0.25) is 0 Å². The number of amidine groups is 1. The first kappa shape index (κ1) is 20.5. The second-order valence-corrected chi connectivity index (χ2v) is 8.79. The molecule has 1 aromatic heterocycles. The molecular weight excluding hydrogens is 414 g/mol. The van der Waals surface area contributed by atoms with E-state index in [4.69, 9.17) is 0 Å². The molecule has 1 amide bonds. The Bertz CT molecular complexity index is 1250. The summed E-state index contributed by atoms with van der Waals surface area (Å²) in [5.74, 6) is 0.899. The number of nitrogens with one attached hydrogen (secondary N) is 2. The molecule has 2 aromatic carbocycles. The summed E-state index contributed by atoms with van der Waals surface area (Å²) in [5, 5.41) is 5.88. The van der Waals surface area contributed by atoms with Crippen molar-refractivity contribution in [3.05, 3.63) is 83.6 Å². The number of benzene rings is 2. The summed E-state index contributed by atoms with van der Waals surface area (Å²) in [7, 11) is 0.148. The Morgan fingerprint density at radius 1 is 1.00 bits per heavy atom. The quantitative estimate of drug-likeness (QED) is 0.639. The van der Waals surface area contributed by atoms with E-state index in [1.807, 2.05) is 31.1 Å². The molecule has 1 aliphatic heterocycles. The van der Waals surface area contributed by atoms with Crippen molar-refractivity contribution in [1.29, 1.82) is 0 Å². The van der Waals surface area contributed by atoms with Gasteiger partial charge in [-0.2, -0.15) is 8.42 Å². The van der Waals surface area contributed by atoms with Gasteiger partial charge in [-0.1, -0.05) is 18.2 Å². The highest BCUT2D eigenvalue weighted by Crippen LogP contribution is 2.26. The van der Waals surface area contributed by atoms with Crippen LogP contribution in [0.3, 0.4) is 0 Å². The van der Waals surface area contributed by atoms with Gasteiger partial charge in [-0.05, 0) is 48.0 Å². The van der Waals surface area contributed by atoms with E-state index < -0.39 is 10.0 Å². The number of nitrogens with zero attached hydrogens (tertiary/aromatic N) is 3. The third-order valence-electron chi connectivity index (χ3n) is 4.76. The van der Waals surface area contributed by atoms with E-state index in [0.29, 0.717) is 23.4 Å². The van der Waals surface area contributed by atoms with E-state index >= 15 is 0 Å². The number of pyridine rings is 1. The molecule has 0 saturated carbocycles. The number of hydrogen-bond donors (Lipinski definition) is 2. The van der Waals surface area contributed by atoms with Gasteiger partial charge in [-0.15, -0.1) is 4.40 Å². The molecule has 31 heavy (non-hydrogen) atoms. The maximum Gasteiger partial charge on any atom is 0.285 e. The average molecular weight is 436 g/mol. The number of amides is 1. The minimum atomic E-state index is -3.68. The molecule has 0 saturated heterocycles. The lowest BCUT2D eigenvalue weighted by Gasteiger charge is -2.11. The molecule has 9 heteroatoms. The first-order chi connectivity index (χ1) is 14.8. The van der Waals surface area contributed by atoms with Gasteiger partial charge in [-0.25, -0.2) is 4.98 Å². The molecule has 0 atom stereocenters. The Balaban J connectivity index is 1.40. The molecule has 0 radical (unpaired) electrons. The van der Waals surface area contributed by atoms with Crippen molar-refractivity contribution in [1.82, 2.24) is 10.3 Å². The number of anilines is 2. The van der Waals surface area contributed by atoms with Gasteiger partial charge in [0.2, 0.25) is 0 Å². The standard InChI is InChI=1S/C22H21N5O3S/c1-27(2)20-12-7-15(13-23-20)14-24-22(28)16-8-10-17(11-9-16)25-21-18-5-3-4-6-19(18)31(29,30)26-21/h3-13H,14H2,1-2H3,(H,24,28)(H,25,26). The Hall–Kier alpha value is -3.72. The van der Waals surface area contributed by atoms with Crippen LogP contribution in [-0.4, -0.2) is 39.2 Å². The van der Waals surface area contributed by atoms with E-state index in [-0.39, 0.29) is 16.6 Å². The van der Waals surface area contributed by atoms with E-state index in [9.17, 15) is 13.2 Å². The van der Waals surface area contributed by atoms with Gasteiger partial charge in [0.1, 0.15) is 10.7 Å². The number of rotatable bonds is 5. The van der Waals surface area contributed by atoms with Crippen molar-refractivity contribution in [3.63, 3.8) is 0 Å². The van der Waals surface area contributed by atoms with Gasteiger partial charge >= 0.3 is 0 Å². The lowest BCUT2D eigenvalue weighted by molar-refractivity contribution is 0.0951. The van der Waals surface area contributed by atoms with Crippen LogP contribution in [-0.2, 0) is 16.6 Å². The molecule has 2 heterocycles. The van der Waals surface area contributed by atoms with Gasteiger partial charge < -0.3 is 15.5 Å². The Morgan fingerprint density at radius 2 is 1.74 bits per heavy atom. The number of sulfonamides is 1. The monoisotopic (exact) mass is 435 g/mol. The van der Waals surface area contributed by atoms with Crippen LogP contribution in [0.1, 0.15) is 21.5 Å². The molecule has 2 N–H and O–H groups in total. The molecule has 0 aliphatic carbocycles. The van der Waals surface area contributed by atoms with Gasteiger partial charge in [0, 0.05) is 43.7 Å². The normalized spacial score (nSPS) is 13.8. The molecule has 4 rings (SSSR count). The van der Waals surface area contributed by atoms with E-state index in [2.05, 4.69) is 20.0 Å². The zero-order valence-electron chi connectivity index (χ0n) is 17.0. The van der Waals surface area contributed by atoms with Gasteiger partial charge in [-0.3, -0.25) is 4.79 Å². The van der Waals surface area contributed by atoms with Crippen molar-refractivity contribution >= 4 is 33.3 Å². The van der Waals surface area contributed by atoms with Crippen LogP contribution in [0.5, 0.6) is 0 Å².